The first-order chi connectivity index (χ1) is 5.23. The summed E-state index contributed by atoms with van der Waals surface area (Å²) >= 11 is 0. The smallest absolute Gasteiger partial charge is 0.240 e. The number of hydrogen-bond acceptors (Lipinski definition) is 3. The number of amides is 1. The fourth-order valence-electron chi connectivity index (χ4n) is 1.90. The number of nitrogens with one attached hydrogen (secondary N) is 2. The van der Waals surface area contributed by atoms with Crippen molar-refractivity contribution in [3.8, 4) is 0 Å². The lowest BCUT2D eigenvalue weighted by Crippen LogP contribution is -2.46. The van der Waals surface area contributed by atoms with E-state index in [1.165, 1.54) is 0 Å². The summed E-state index contributed by atoms with van der Waals surface area (Å²) in [5.74, 6) is 0.0500. The Balaban J connectivity index is 0.000000720. The van der Waals surface area contributed by atoms with E-state index in [1.54, 1.807) is 0 Å². The highest BCUT2D eigenvalue weighted by Crippen LogP contribution is 2.26. The Morgan fingerprint density at radius 2 is 2.33 bits per heavy atom. The second kappa shape index (κ2) is 3.20. The number of hydrogen-bond donors (Lipinski definition) is 3. The van der Waals surface area contributed by atoms with Crippen LogP contribution in [0.5, 0.6) is 0 Å². The van der Waals surface area contributed by atoms with Crippen molar-refractivity contribution in [2.24, 2.45) is 0 Å². The minimum atomic E-state index is -0.431. The van der Waals surface area contributed by atoms with Crippen molar-refractivity contribution in [1.82, 2.24) is 10.6 Å². The fourth-order valence-corrected chi connectivity index (χ4v) is 1.90. The Labute approximate surface area is 77.1 Å². The van der Waals surface area contributed by atoms with Crippen LogP contribution in [0.2, 0.25) is 0 Å². The number of β-amino-alcohol motifs (C(OH)–C–C–N with tert-alkyl or cyclic N) is 1. The van der Waals surface area contributed by atoms with Crippen molar-refractivity contribution in [2.75, 3.05) is 13.1 Å². The van der Waals surface area contributed by atoms with E-state index in [-0.39, 0.29) is 24.4 Å². The van der Waals surface area contributed by atoms with Gasteiger partial charge in [-0.15, -0.1) is 12.4 Å². The minimum absolute atomic E-state index is 0. The predicted molar refractivity (Wildman–Crippen MR) is 46.2 cm³/mol. The molecule has 1 spiro atoms. The fraction of sp³-hybridized carbons (Fsp3) is 0.857. The summed E-state index contributed by atoms with van der Waals surface area (Å²) in [5, 5.41) is 15.1. The van der Waals surface area contributed by atoms with Crippen LogP contribution in [0.3, 0.4) is 0 Å². The van der Waals surface area contributed by atoms with Gasteiger partial charge in [0.1, 0.15) is 5.54 Å². The Bertz CT molecular complexity index is 200. The monoisotopic (exact) mass is 192 g/mol. The van der Waals surface area contributed by atoms with Crippen LogP contribution in [-0.4, -0.2) is 35.7 Å². The molecule has 0 saturated carbocycles. The third-order valence-corrected chi connectivity index (χ3v) is 2.53. The van der Waals surface area contributed by atoms with Crippen LogP contribution in [0.15, 0.2) is 0 Å². The molecule has 1 amide bonds. The van der Waals surface area contributed by atoms with Gasteiger partial charge in [0.05, 0.1) is 6.10 Å². The molecular weight excluding hydrogens is 180 g/mol. The maximum Gasteiger partial charge on any atom is 0.240 e. The van der Waals surface area contributed by atoms with Gasteiger partial charge in [-0.05, 0) is 6.42 Å². The van der Waals surface area contributed by atoms with Crippen molar-refractivity contribution in [1.29, 1.82) is 0 Å². The van der Waals surface area contributed by atoms with E-state index in [0.717, 1.165) is 13.0 Å². The van der Waals surface area contributed by atoms with Gasteiger partial charge in [-0.1, -0.05) is 0 Å². The third-order valence-electron chi connectivity index (χ3n) is 2.53. The van der Waals surface area contributed by atoms with Crippen LogP contribution in [0.4, 0.5) is 0 Å². The minimum Gasteiger partial charge on any atom is -0.392 e. The van der Waals surface area contributed by atoms with Crippen LogP contribution < -0.4 is 10.6 Å². The number of halogens is 1. The molecule has 2 heterocycles. The highest BCUT2D eigenvalue weighted by Gasteiger charge is 2.47. The number of rotatable bonds is 0. The first-order valence-electron chi connectivity index (χ1n) is 3.94. The molecule has 0 aromatic rings. The highest BCUT2D eigenvalue weighted by atomic mass is 35.5. The number of carbonyl (C=O) groups excluding carboxylic acids is 1. The quantitative estimate of drug-likeness (QED) is 0.463. The van der Waals surface area contributed by atoms with Crippen LogP contribution in [0.25, 0.3) is 0 Å². The van der Waals surface area contributed by atoms with Crippen LogP contribution >= 0.6 is 12.4 Å². The second-order valence-electron chi connectivity index (χ2n) is 3.33. The Kier molecular flexibility index (Phi) is 2.61. The lowest BCUT2D eigenvalue weighted by molar-refractivity contribution is -0.124. The average Bonchev–Trinajstić information content (AvgIpc) is 2.46. The molecule has 0 aromatic heterocycles. The zero-order valence-corrected chi connectivity index (χ0v) is 7.49. The molecule has 5 heteroatoms. The van der Waals surface area contributed by atoms with Crippen molar-refractivity contribution in [3.63, 3.8) is 0 Å². The maximum absolute atomic E-state index is 11.3. The van der Waals surface area contributed by atoms with Gasteiger partial charge >= 0.3 is 0 Å². The molecule has 2 aliphatic rings. The molecule has 2 atom stereocenters. The van der Waals surface area contributed by atoms with E-state index < -0.39 is 5.54 Å². The van der Waals surface area contributed by atoms with E-state index in [2.05, 4.69) is 10.6 Å². The molecule has 0 aromatic carbocycles. The average molecular weight is 193 g/mol. The molecule has 0 radical (unpaired) electrons. The molecule has 70 valence electrons. The molecule has 2 saturated heterocycles. The zero-order chi connectivity index (χ0) is 7.90. The third kappa shape index (κ3) is 1.30. The van der Waals surface area contributed by atoms with Crippen molar-refractivity contribution < 1.29 is 9.90 Å². The predicted octanol–water partition coefficient (Wildman–Crippen LogP) is -0.979. The Morgan fingerprint density at radius 3 is 2.75 bits per heavy atom. The second-order valence-corrected chi connectivity index (χ2v) is 3.33. The van der Waals surface area contributed by atoms with Gasteiger partial charge in [0.2, 0.25) is 5.91 Å². The summed E-state index contributed by atoms with van der Waals surface area (Å²) < 4.78 is 0. The van der Waals surface area contributed by atoms with Gasteiger partial charge in [-0.2, -0.15) is 0 Å². The largest absolute Gasteiger partial charge is 0.392 e. The summed E-state index contributed by atoms with van der Waals surface area (Å²) in [6.07, 6.45) is 1.03. The van der Waals surface area contributed by atoms with Crippen molar-refractivity contribution in [3.05, 3.63) is 0 Å². The molecule has 12 heavy (non-hydrogen) atoms. The summed E-state index contributed by atoms with van der Waals surface area (Å²) in [4.78, 5) is 11.3. The van der Waals surface area contributed by atoms with E-state index in [4.69, 9.17) is 0 Å². The number of aliphatic hydroxyl groups excluding tert-OH is 1. The van der Waals surface area contributed by atoms with Gasteiger partial charge in [0.25, 0.3) is 0 Å². The van der Waals surface area contributed by atoms with Gasteiger partial charge in [-0.25, -0.2) is 0 Å². The highest BCUT2D eigenvalue weighted by molar-refractivity contribution is 5.88. The molecule has 2 aliphatic heterocycles. The number of carbonyl (C=O) groups is 1. The molecule has 2 unspecified atom stereocenters. The Hall–Kier alpha value is -0.320. The molecule has 4 nitrogen and oxygen atoms in total. The van der Waals surface area contributed by atoms with Crippen LogP contribution in [0.1, 0.15) is 12.8 Å². The van der Waals surface area contributed by atoms with E-state index in [9.17, 15) is 9.90 Å². The first kappa shape index (κ1) is 9.77. The molecule has 2 fully saturated rings. The summed E-state index contributed by atoms with van der Waals surface area (Å²) in [6, 6.07) is 0. The topological polar surface area (TPSA) is 61.4 Å². The van der Waals surface area contributed by atoms with Gasteiger partial charge in [0, 0.05) is 19.5 Å². The summed E-state index contributed by atoms with van der Waals surface area (Å²) in [7, 11) is 0. The summed E-state index contributed by atoms with van der Waals surface area (Å²) in [5.41, 5.74) is -0.431. The van der Waals surface area contributed by atoms with Gasteiger partial charge < -0.3 is 15.7 Å². The molecular formula is C7H13ClN2O2. The van der Waals surface area contributed by atoms with E-state index >= 15 is 0 Å². The Morgan fingerprint density at radius 1 is 1.58 bits per heavy atom. The zero-order valence-electron chi connectivity index (χ0n) is 6.67. The van der Waals surface area contributed by atoms with Crippen molar-refractivity contribution >= 4 is 18.3 Å². The standard InChI is InChI=1S/C7H12N2O2.ClH/c10-5-3-7(9-4-5)1-2-8-6(7)11;/h5,9-10H,1-4H2,(H,8,11);1H. The molecule has 0 aliphatic carbocycles. The van der Waals surface area contributed by atoms with E-state index in [0.29, 0.717) is 13.0 Å². The first-order valence-corrected chi connectivity index (χ1v) is 3.94. The van der Waals surface area contributed by atoms with Gasteiger partial charge in [0.15, 0.2) is 0 Å². The molecule has 2 rings (SSSR count). The van der Waals surface area contributed by atoms with Crippen LogP contribution in [-0.2, 0) is 4.79 Å². The van der Waals surface area contributed by atoms with Gasteiger partial charge in [-0.3, -0.25) is 4.79 Å². The number of aliphatic hydroxyl groups is 1. The van der Waals surface area contributed by atoms with Crippen LogP contribution in [0, 0.1) is 0 Å². The molecule has 3 N–H and O–H groups in total. The van der Waals surface area contributed by atoms with E-state index in [1.807, 2.05) is 0 Å². The SMILES string of the molecule is Cl.O=C1NCCC12CC(O)CN2. The lowest BCUT2D eigenvalue weighted by Gasteiger charge is -2.18. The van der Waals surface area contributed by atoms with Crippen molar-refractivity contribution in [2.45, 2.75) is 24.5 Å². The summed E-state index contributed by atoms with van der Waals surface area (Å²) in [6.45, 7) is 1.28. The maximum atomic E-state index is 11.3. The molecule has 0 bridgehead atoms. The lowest BCUT2D eigenvalue weighted by atomic mass is 9.95. The normalized spacial score (nSPS) is 39.8.